The van der Waals surface area contributed by atoms with Gasteiger partial charge in [-0.3, -0.25) is 24.2 Å². The van der Waals surface area contributed by atoms with Gasteiger partial charge in [0.15, 0.2) is 0 Å². The molecule has 62 heavy (non-hydrogen) atoms. The predicted octanol–water partition coefficient (Wildman–Crippen LogP) is 13.2. The summed E-state index contributed by atoms with van der Waals surface area (Å²) >= 11 is 0. The Kier molecular flexibility index (Phi) is 40.6. The molecule has 1 rings (SSSR count). The molecule has 0 aromatic rings. The third-order valence-corrected chi connectivity index (χ3v) is 13.2. The van der Waals surface area contributed by atoms with Crippen molar-refractivity contribution in [2.75, 3.05) is 59.2 Å². The Morgan fingerprint density at radius 1 is 0.452 bits per heavy atom. The van der Waals surface area contributed by atoms with Crippen molar-refractivity contribution in [2.24, 2.45) is 11.8 Å². The number of carbonyl (C=O) groups is 3. The summed E-state index contributed by atoms with van der Waals surface area (Å²) in [6, 6.07) is 0.631. The van der Waals surface area contributed by atoms with E-state index in [1.165, 1.54) is 122 Å². The van der Waals surface area contributed by atoms with Crippen LogP contribution in [0.25, 0.3) is 0 Å². The fourth-order valence-electron chi connectivity index (χ4n) is 8.70. The van der Waals surface area contributed by atoms with Gasteiger partial charge >= 0.3 is 17.9 Å². The van der Waals surface area contributed by atoms with E-state index in [0.29, 0.717) is 57.6 Å². The van der Waals surface area contributed by atoms with E-state index in [2.05, 4.69) is 37.5 Å². The van der Waals surface area contributed by atoms with Gasteiger partial charge in [0.1, 0.15) is 0 Å². The third-order valence-electron chi connectivity index (χ3n) is 13.2. The van der Waals surface area contributed by atoms with Gasteiger partial charge in [-0.25, -0.2) is 0 Å². The Hall–Kier alpha value is -1.71. The van der Waals surface area contributed by atoms with Crippen LogP contribution in [0.4, 0.5) is 0 Å². The number of rotatable bonds is 47. The first-order valence-electron chi connectivity index (χ1n) is 26.9. The zero-order valence-electron chi connectivity index (χ0n) is 41.4. The van der Waals surface area contributed by atoms with Gasteiger partial charge in [-0.05, 0) is 83.2 Å². The van der Waals surface area contributed by atoms with E-state index in [-0.39, 0.29) is 30.4 Å². The number of hydrogen-bond donors (Lipinski definition) is 1. The number of hydrogen-bond acceptors (Lipinski definition) is 9. The topological polar surface area (TPSA) is 106 Å². The second-order valence-corrected chi connectivity index (χ2v) is 19.0. The van der Waals surface area contributed by atoms with Gasteiger partial charge in [0.25, 0.3) is 0 Å². The third kappa shape index (κ3) is 34.7. The number of aliphatic hydroxyl groups is 1. The average molecular weight is 879 g/mol. The Morgan fingerprint density at radius 2 is 0.839 bits per heavy atom. The standard InChI is InChI=1S/C53H102N2O7/c1-5-9-13-17-20-23-32-48(31-22-16-12-8-4)45-60-51(57)38-26-21-28-39-54(43-44-56)41-42-55(50-34-30-35-50)40-29-27-33-49(46-61-52(58)36-24-18-14-10-6-2)47-62-53(59)37-25-19-15-11-7-3/h48-50,56H,5-47H2,1-4H3. The van der Waals surface area contributed by atoms with Gasteiger partial charge in [0.2, 0.25) is 0 Å². The molecule has 1 unspecified atom stereocenters. The van der Waals surface area contributed by atoms with Crippen molar-refractivity contribution in [1.82, 2.24) is 9.80 Å². The Morgan fingerprint density at radius 3 is 1.31 bits per heavy atom. The molecule has 0 spiro atoms. The molecule has 0 aromatic carbocycles. The van der Waals surface area contributed by atoms with E-state index >= 15 is 0 Å². The Balaban J connectivity index is 2.51. The number of esters is 3. The quantitative estimate of drug-likeness (QED) is 0.0363. The zero-order chi connectivity index (χ0) is 45.1. The van der Waals surface area contributed by atoms with Crippen molar-refractivity contribution in [3.05, 3.63) is 0 Å². The van der Waals surface area contributed by atoms with Crippen LogP contribution < -0.4 is 0 Å². The first kappa shape index (κ1) is 58.3. The number of aliphatic hydroxyl groups excluding tert-OH is 1. The van der Waals surface area contributed by atoms with E-state index < -0.39 is 0 Å². The lowest BCUT2D eigenvalue weighted by molar-refractivity contribution is -0.149. The summed E-state index contributed by atoms with van der Waals surface area (Å²) in [6.45, 7) is 14.9. The summed E-state index contributed by atoms with van der Waals surface area (Å²) in [7, 11) is 0. The van der Waals surface area contributed by atoms with Crippen LogP contribution in [0.5, 0.6) is 0 Å². The molecule has 0 bridgehead atoms. The van der Waals surface area contributed by atoms with Gasteiger partial charge in [0, 0.05) is 50.9 Å². The minimum Gasteiger partial charge on any atom is -0.465 e. The maximum absolute atomic E-state index is 12.7. The highest BCUT2D eigenvalue weighted by Crippen LogP contribution is 2.26. The highest BCUT2D eigenvalue weighted by Gasteiger charge is 2.25. The summed E-state index contributed by atoms with van der Waals surface area (Å²) in [5, 5.41) is 9.88. The monoisotopic (exact) mass is 879 g/mol. The fourth-order valence-corrected chi connectivity index (χ4v) is 8.70. The molecule has 0 saturated heterocycles. The van der Waals surface area contributed by atoms with Crippen molar-refractivity contribution in [3.8, 4) is 0 Å². The van der Waals surface area contributed by atoms with Gasteiger partial charge < -0.3 is 19.3 Å². The molecule has 0 heterocycles. The molecule has 9 heteroatoms. The average Bonchev–Trinajstić information content (AvgIpc) is 3.25. The van der Waals surface area contributed by atoms with E-state index in [1.807, 2.05) is 0 Å². The van der Waals surface area contributed by atoms with Crippen molar-refractivity contribution in [1.29, 1.82) is 0 Å². The number of unbranched alkanes of at least 4 members (excludes halogenated alkanes) is 19. The molecule has 9 nitrogen and oxygen atoms in total. The van der Waals surface area contributed by atoms with Crippen LogP contribution in [0.15, 0.2) is 0 Å². The molecule has 0 aromatic heterocycles. The number of carbonyl (C=O) groups excluding carboxylic acids is 3. The second kappa shape index (κ2) is 43.2. The lowest BCUT2D eigenvalue weighted by atomic mass is 9.91. The van der Waals surface area contributed by atoms with E-state index in [1.54, 1.807) is 0 Å². The molecule has 1 aliphatic rings. The second-order valence-electron chi connectivity index (χ2n) is 19.0. The summed E-state index contributed by atoms with van der Waals surface area (Å²) in [6.07, 6.45) is 37.3. The molecule has 1 N–H and O–H groups in total. The van der Waals surface area contributed by atoms with Crippen LogP contribution in [0.3, 0.4) is 0 Å². The summed E-state index contributed by atoms with van der Waals surface area (Å²) in [5.41, 5.74) is 0. The van der Waals surface area contributed by atoms with Gasteiger partial charge in [0.05, 0.1) is 26.4 Å². The summed E-state index contributed by atoms with van der Waals surface area (Å²) < 4.78 is 17.3. The minimum absolute atomic E-state index is 0.0225. The summed E-state index contributed by atoms with van der Waals surface area (Å²) in [4.78, 5) is 42.9. The molecule has 0 radical (unpaired) electrons. The molecule has 1 atom stereocenters. The van der Waals surface area contributed by atoms with E-state index in [4.69, 9.17) is 14.2 Å². The van der Waals surface area contributed by atoms with E-state index in [0.717, 1.165) is 103 Å². The zero-order valence-corrected chi connectivity index (χ0v) is 41.4. The van der Waals surface area contributed by atoms with Gasteiger partial charge in [-0.1, -0.05) is 163 Å². The lowest BCUT2D eigenvalue weighted by Gasteiger charge is -2.39. The molecule has 1 fully saturated rings. The smallest absolute Gasteiger partial charge is 0.305 e. The largest absolute Gasteiger partial charge is 0.465 e. The van der Waals surface area contributed by atoms with Crippen LogP contribution >= 0.6 is 0 Å². The van der Waals surface area contributed by atoms with Crippen LogP contribution in [0.1, 0.15) is 246 Å². The van der Waals surface area contributed by atoms with Crippen LogP contribution in [0.2, 0.25) is 0 Å². The number of ether oxygens (including phenoxy) is 3. The Bertz CT molecular complexity index is 994. The molecule has 0 aliphatic heterocycles. The predicted molar refractivity (Wildman–Crippen MR) is 258 cm³/mol. The van der Waals surface area contributed by atoms with Gasteiger partial charge in [-0.2, -0.15) is 0 Å². The van der Waals surface area contributed by atoms with Crippen molar-refractivity contribution in [2.45, 2.75) is 252 Å². The first-order valence-corrected chi connectivity index (χ1v) is 26.9. The van der Waals surface area contributed by atoms with Crippen molar-refractivity contribution < 1.29 is 33.7 Å². The SMILES string of the molecule is CCCCCCCCC(CCCCCC)COC(=O)CCCCCN(CCO)CCN(CCCCC(COC(=O)CCCCCCC)COC(=O)CCCCCCC)C1CCC1. The fraction of sp³-hybridized carbons (Fsp3) is 0.943. The maximum atomic E-state index is 12.7. The van der Waals surface area contributed by atoms with Crippen LogP contribution in [0, 0.1) is 11.8 Å². The molecule has 1 saturated carbocycles. The molecular weight excluding hydrogens is 777 g/mol. The molecule has 366 valence electrons. The van der Waals surface area contributed by atoms with Crippen LogP contribution in [-0.2, 0) is 28.6 Å². The highest BCUT2D eigenvalue weighted by molar-refractivity contribution is 5.70. The Labute approximate surface area is 383 Å². The van der Waals surface area contributed by atoms with Gasteiger partial charge in [-0.15, -0.1) is 0 Å². The van der Waals surface area contributed by atoms with Crippen molar-refractivity contribution >= 4 is 17.9 Å². The lowest BCUT2D eigenvalue weighted by Crippen LogP contribution is -2.45. The van der Waals surface area contributed by atoms with E-state index in [9.17, 15) is 19.5 Å². The van der Waals surface area contributed by atoms with Crippen LogP contribution in [-0.4, -0.2) is 98.0 Å². The normalized spacial score (nSPS) is 13.5. The summed E-state index contributed by atoms with van der Waals surface area (Å²) in [5.74, 6) is 0.220. The number of nitrogens with zero attached hydrogens (tertiary/aromatic N) is 2. The molecular formula is C53H102N2O7. The maximum Gasteiger partial charge on any atom is 0.305 e. The molecule has 1 aliphatic carbocycles. The van der Waals surface area contributed by atoms with Crippen molar-refractivity contribution in [3.63, 3.8) is 0 Å². The highest BCUT2D eigenvalue weighted by atomic mass is 16.5. The molecule has 0 amide bonds. The first-order chi connectivity index (χ1) is 30.4. The minimum atomic E-state index is -0.134.